The zero-order valence-electron chi connectivity index (χ0n) is 12.3. The maximum atomic E-state index is 10.1. The van der Waals surface area contributed by atoms with Crippen LogP contribution in [0.5, 0.6) is 5.75 Å². The van der Waals surface area contributed by atoms with Gasteiger partial charge in [-0.1, -0.05) is 41.9 Å². The lowest BCUT2D eigenvalue weighted by atomic mass is 10.2. The van der Waals surface area contributed by atoms with E-state index in [1.54, 1.807) is 35.3 Å². The van der Waals surface area contributed by atoms with Gasteiger partial charge in [-0.05, 0) is 24.3 Å². The van der Waals surface area contributed by atoms with E-state index in [0.29, 0.717) is 23.1 Å². The number of hydrogen-bond acceptors (Lipinski definition) is 4. The Labute approximate surface area is 139 Å². The second-order valence-electron chi connectivity index (χ2n) is 5.07. The molecule has 118 valence electrons. The van der Waals surface area contributed by atoms with Crippen LogP contribution in [0.3, 0.4) is 0 Å². The maximum absolute atomic E-state index is 10.1. The first-order valence-electron chi connectivity index (χ1n) is 7.22. The Morgan fingerprint density at radius 1 is 1.09 bits per heavy atom. The van der Waals surface area contributed by atoms with Gasteiger partial charge in [0, 0.05) is 10.6 Å². The van der Waals surface area contributed by atoms with Crippen LogP contribution in [0.15, 0.2) is 60.9 Å². The molecule has 0 saturated carbocycles. The smallest absolute Gasteiger partial charge is 0.181 e. The van der Waals surface area contributed by atoms with Gasteiger partial charge in [0.25, 0.3) is 0 Å². The number of halogens is 1. The molecule has 3 rings (SSSR count). The van der Waals surface area contributed by atoms with Gasteiger partial charge < -0.3 is 9.84 Å². The van der Waals surface area contributed by atoms with E-state index in [1.165, 1.54) is 0 Å². The second-order valence-corrected chi connectivity index (χ2v) is 5.51. The second kappa shape index (κ2) is 7.26. The van der Waals surface area contributed by atoms with E-state index in [2.05, 4.69) is 10.1 Å². The Bertz CT molecular complexity index is 744. The quantitative estimate of drug-likeness (QED) is 0.755. The zero-order valence-corrected chi connectivity index (χ0v) is 13.1. The van der Waals surface area contributed by atoms with Crippen LogP contribution in [-0.2, 0) is 6.54 Å². The standard InChI is InChI=1S/C17H16ClN3O2/c18-14-6-8-16(9-7-14)23-11-15(22)10-21-12-19-17(20-21)13-4-2-1-3-5-13/h1-9,12,15,22H,10-11H2. The molecule has 1 N–H and O–H groups in total. The number of aliphatic hydroxyl groups excluding tert-OH is 1. The van der Waals surface area contributed by atoms with Crippen molar-refractivity contribution in [3.63, 3.8) is 0 Å². The summed E-state index contributed by atoms with van der Waals surface area (Å²) in [4.78, 5) is 4.25. The molecule has 1 unspecified atom stereocenters. The number of rotatable bonds is 6. The zero-order chi connectivity index (χ0) is 16.1. The summed E-state index contributed by atoms with van der Waals surface area (Å²) in [5.41, 5.74) is 0.943. The summed E-state index contributed by atoms with van der Waals surface area (Å²) in [5.74, 6) is 1.30. The summed E-state index contributed by atoms with van der Waals surface area (Å²) >= 11 is 5.81. The fraction of sp³-hybridized carbons (Fsp3) is 0.176. The summed E-state index contributed by atoms with van der Waals surface area (Å²) in [5, 5.41) is 15.1. The number of hydrogen-bond donors (Lipinski definition) is 1. The first-order valence-corrected chi connectivity index (χ1v) is 7.60. The molecule has 2 aromatic carbocycles. The van der Waals surface area contributed by atoms with Gasteiger partial charge >= 0.3 is 0 Å². The molecule has 3 aromatic rings. The molecular weight excluding hydrogens is 314 g/mol. The number of aliphatic hydroxyl groups is 1. The summed E-state index contributed by atoms with van der Waals surface area (Å²) < 4.78 is 7.13. The fourth-order valence-electron chi connectivity index (χ4n) is 2.09. The molecule has 0 aliphatic rings. The average Bonchev–Trinajstić information content (AvgIpc) is 3.04. The molecule has 0 amide bonds. The van der Waals surface area contributed by atoms with Crippen LogP contribution in [0.4, 0.5) is 0 Å². The van der Waals surface area contributed by atoms with Gasteiger partial charge in [0.05, 0.1) is 6.54 Å². The van der Waals surface area contributed by atoms with Gasteiger partial charge in [0.15, 0.2) is 5.82 Å². The van der Waals surface area contributed by atoms with Crippen molar-refractivity contribution in [3.05, 3.63) is 65.9 Å². The molecule has 0 aliphatic carbocycles. The third-order valence-corrected chi connectivity index (χ3v) is 3.47. The molecule has 1 heterocycles. The van der Waals surface area contributed by atoms with E-state index < -0.39 is 6.10 Å². The highest BCUT2D eigenvalue weighted by Crippen LogP contribution is 2.16. The van der Waals surface area contributed by atoms with Crippen LogP contribution >= 0.6 is 11.6 Å². The van der Waals surface area contributed by atoms with Gasteiger partial charge in [-0.25, -0.2) is 9.67 Å². The van der Waals surface area contributed by atoms with Crippen LogP contribution < -0.4 is 4.74 Å². The lowest BCUT2D eigenvalue weighted by Crippen LogP contribution is -2.23. The molecule has 0 saturated heterocycles. The summed E-state index contributed by atoms with van der Waals surface area (Å²) in [6, 6.07) is 16.7. The maximum Gasteiger partial charge on any atom is 0.181 e. The first-order chi connectivity index (χ1) is 11.2. The van der Waals surface area contributed by atoms with Gasteiger partial charge in [0.2, 0.25) is 0 Å². The third-order valence-electron chi connectivity index (χ3n) is 3.22. The van der Waals surface area contributed by atoms with Crippen molar-refractivity contribution in [2.45, 2.75) is 12.6 Å². The number of benzene rings is 2. The molecule has 0 bridgehead atoms. The third kappa shape index (κ3) is 4.31. The molecule has 23 heavy (non-hydrogen) atoms. The summed E-state index contributed by atoms with van der Waals surface area (Å²) in [6.07, 6.45) is 0.921. The van der Waals surface area contributed by atoms with E-state index >= 15 is 0 Å². The lowest BCUT2D eigenvalue weighted by molar-refractivity contribution is 0.0893. The van der Waals surface area contributed by atoms with Crippen molar-refractivity contribution >= 4 is 11.6 Å². The van der Waals surface area contributed by atoms with Crippen LogP contribution in [0, 0.1) is 0 Å². The Morgan fingerprint density at radius 2 is 1.83 bits per heavy atom. The SMILES string of the molecule is OC(COc1ccc(Cl)cc1)Cn1cnc(-c2ccccc2)n1. The molecule has 0 radical (unpaired) electrons. The summed E-state index contributed by atoms with van der Waals surface area (Å²) in [6.45, 7) is 0.482. The lowest BCUT2D eigenvalue weighted by Gasteiger charge is -2.12. The van der Waals surface area contributed by atoms with Crippen LogP contribution in [0.25, 0.3) is 11.4 Å². The molecule has 5 nitrogen and oxygen atoms in total. The Balaban J connectivity index is 1.55. The summed E-state index contributed by atoms with van der Waals surface area (Å²) in [7, 11) is 0. The molecule has 6 heteroatoms. The molecule has 0 aliphatic heterocycles. The van der Waals surface area contributed by atoms with Gasteiger partial charge in [-0.2, -0.15) is 5.10 Å². The minimum Gasteiger partial charge on any atom is -0.491 e. The predicted molar refractivity (Wildman–Crippen MR) is 88.4 cm³/mol. The topological polar surface area (TPSA) is 60.2 Å². The minimum atomic E-state index is -0.684. The highest BCUT2D eigenvalue weighted by molar-refractivity contribution is 6.30. The minimum absolute atomic E-state index is 0.169. The van der Waals surface area contributed by atoms with Crippen molar-refractivity contribution in [3.8, 4) is 17.1 Å². The monoisotopic (exact) mass is 329 g/mol. The fourth-order valence-corrected chi connectivity index (χ4v) is 2.22. The van der Waals surface area contributed by atoms with E-state index in [4.69, 9.17) is 16.3 Å². The molecular formula is C17H16ClN3O2. The normalized spacial score (nSPS) is 12.1. The van der Waals surface area contributed by atoms with Crippen molar-refractivity contribution in [1.82, 2.24) is 14.8 Å². The first kappa shape index (κ1) is 15.5. The average molecular weight is 330 g/mol. The molecule has 0 fully saturated rings. The van der Waals surface area contributed by atoms with Crippen molar-refractivity contribution in [2.75, 3.05) is 6.61 Å². The van der Waals surface area contributed by atoms with Gasteiger partial charge in [-0.3, -0.25) is 0 Å². The molecule has 0 spiro atoms. The molecule has 1 aromatic heterocycles. The highest BCUT2D eigenvalue weighted by Gasteiger charge is 2.09. The van der Waals surface area contributed by atoms with Gasteiger partial charge in [-0.15, -0.1) is 0 Å². The predicted octanol–water partition coefficient (Wildman–Crippen LogP) is 3.04. The van der Waals surface area contributed by atoms with E-state index in [0.717, 1.165) is 5.56 Å². The largest absolute Gasteiger partial charge is 0.491 e. The van der Waals surface area contributed by atoms with E-state index in [-0.39, 0.29) is 6.61 Å². The van der Waals surface area contributed by atoms with E-state index in [9.17, 15) is 5.11 Å². The molecule has 1 atom stereocenters. The van der Waals surface area contributed by atoms with Crippen molar-refractivity contribution < 1.29 is 9.84 Å². The highest BCUT2D eigenvalue weighted by atomic mass is 35.5. The van der Waals surface area contributed by atoms with Gasteiger partial charge in [0.1, 0.15) is 24.8 Å². The van der Waals surface area contributed by atoms with Crippen LogP contribution in [-0.4, -0.2) is 32.6 Å². The number of nitrogens with zero attached hydrogens (tertiary/aromatic N) is 3. The van der Waals surface area contributed by atoms with Crippen LogP contribution in [0.2, 0.25) is 5.02 Å². The Kier molecular flexibility index (Phi) is 4.90. The Morgan fingerprint density at radius 3 is 2.57 bits per heavy atom. The Hall–Kier alpha value is -2.37. The van der Waals surface area contributed by atoms with E-state index in [1.807, 2.05) is 30.3 Å². The van der Waals surface area contributed by atoms with Crippen molar-refractivity contribution in [2.24, 2.45) is 0 Å². The van der Waals surface area contributed by atoms with Crippen LogP contribution in [0.1, 0.15) is 0 Å². The number of aromatic nitrogens is 3. The van der Waals surface area contributed by atoms with Crippen molar-refractivity contribution in [1.29, 1.82) is 0 Å². The number of ether oxygens (including phenoxy) is 1.